The Morgan fingerprint density at radius 3 is 2.68 bits per heavy atom. The van der Waals surface area contributed by atoms with Crippen LogP contribution in [0.3, 0.4) is 0 Å². The van der Waals surface area contributed by atoms with Gasteiger partial charge in [0.2, 0.25) is 11.7 Å². The Hall–Kier alpha value is -0.890. The van der Waals surface area contributed by atoms with Gasteiger partial charge in [-0.2, -0.15) is 0 Å². The number of rotatable bonds is 3. The normalized spacial score (nSPS) is 11.0. The molecule has 1 aromatic heterocycles. The molecule has 0 saturated heterocycles. The molecule has 0 aliphatic rings. The lowest BCUT2D eigenvalue weighted by Crippen LogP contribution is -2.01. The van der Waals surface area contributed by atoms with Gasteiger partial charge in [-0.05, 0) is 62.6 Å². The van der Waals surface area contributed by atoms with E-state index < -0.39 is 5.97 Å². The van der Waals surface area contributed by atoms with E-state index in [1.54, 1.807) is 0 Å². The lowest BCUT2D eigenvalue weighted by atomic mass is 10.1. The fraction of sp³-hybridized carbons (Fsp3) is 0.231. The summed E-state index contributed by atoms with van der Waals surface area (Å²) < 4.78 is 7.26. The van der Waals surface area contributed by atoms with Gasteiger partial charge in [-0.15, -0.1) is 0 Å². The van der Waals surface area contributed by atoms with E-state index in [1.165, 1.54) is 0 Å². The molecule has 0 bridgehead atoms. The van der Waals surface area contributed by atoms with Gasteiger partial charge in [0.15, 0.2) is 0 Å². The van der Waals surface area contributed by atoms with E-state index in [-0.39, 0.29) is 11.7 Å². The maximum atomic E-state index is 11.2. The summed E-state index contributed by atoms with van der Waals surface area (Å²) in [5, 5.41) is 9.15. The van der Waals surface area contributed by atoms with Crippen molar-refractivity contribution in [1.29, 1.82) is 0 Å². The molecule has 0 atom stereocenters. The van der Waals surface area contributed by atoms with E-state index >= 15 is 0 Å². The van der Waals surface area contributed by atoms with E-state index in [0.717, 1.165) is 13.6 Å². The second kappa shape index (κ2) is 5.62. The van der Waals surface area contributed by atoms with Crippen molar-refractivity contribution in [2.45, 2.75) is 19.8 Å². The average Bonchev–Trinajstić information content (AvgIpc) is 2.77. The Morgan fingerprint density at radius 1 is 1.47 bits per heavy atom. The Morgan fingerprint density at radius 2 is 2.16 bits per heavy atom. The fourth-order valence-corrected chi connectivity index (χ4v) is 2.56. The zero-order valence-electron chi connectivity index (χ0n) is 10.3. The number of oxazole rings is 1. The van der Waals surface area contributed by atoms with Crippen molar-refractivity contribution in [1.82, 2.24) is 4.98 Å². The van der Waals surface area contributed by atoms with Gasteiger partial charge >= 0.3 is 5.97 Å². The van der Waals surface area contributed by atoms with E-state index in [2.05, 4.69) is 43.5 Å². The Kier molecular flexibility index (Phi) is 4.29. The van der Waals surface area contributed by atoms with Crippen LogP contribution >= 0.6 is 38.5 Å². The number of carboxylic acids is 1. The molecule has 0 radical (unpaired) electrons. The van der Waals surface area contributed by atoms with E-state index in [9.17, 15) is 4.79 Å². The van der Waals surface area contributed by atoms with Crippen LogP contribution in [0.1, 0.15) is 36.0 Å². The van der Waals surface area contributed by atoms with Crippen molar-refractivity contribution in [3.63, 3.8) is 0 Å². The lowest BCUT2D eigenvalue weighted by Gasteiger charge is -2.00. The standard InChI is InChI=1S/C13H11BrINO3/c1-6(2)10-11(13(17)18)19-12(16-10)8-5-7(15)3-4-9(8)14/h3-6H,1-2H3,(H,17,18). The minimum Gasteiger partial charge on any atom is -0.475 e. The summed E-state index contributed by atoms with van der Waals surface area (Å²) in [5.41, 5.74) is 1.22. The van der Waals surface area contributed by atoms with Crippen LogP contribution in [0.5, 0.6) is 0 Å². The predicted octanol–water partition coefficient (Wildman–Crippen LogP) is 4.53. The molecular formula is C13H11BrINO3. The highest BCUT2D eigenvalue weighted by Gasteiger charge is 2.23. The third-order valence-electron chi connectivity index (χ3n) is 2.55. The van der Waals surface area contributed by atoms with Gasteiger partial charge in [-0.3, -0.25) is 0 Å². The van der Waals surface area contributed by atoms with Gasteiger partial charge in [-0.1, -0.05) is 13.8 Å². The topological polar surface area (TPSA) is 63.3 Å². The van der Waals surface area contributed by atoms with Gasteiger partial charge in [0.05, 0.1) is 11.3 Å². The van der Waals surface area contributed by atoms with Gasteiger partial charge < -0.3 is 9.52 Å². The molecule has 100 valence electrons. The number of aromatic nitrogens is 1. The van der Waals surface area contributed by atoms with Crippen molar-refractivity contribution >= 4 is 44.5 Å². The molecule has 0 unspecified atom stereocenters. The van der Waals surface area contributed by atoms with Gasteiger partial charge in [0.1, 0.15) is 0 Å². The third kappa shape index (κ3) is 3.00. The van der Waals surface area contributed by atoms with Crippen LogP contribution in [-0.4, -0.2) is 16.1 Å². The molecule has 1 aromatic carbocycles. The molecule has 19 heavy (non-hydrogen) atoms. The van der Waals surface area contributed by atoms with Crippen molar-refractivity contribution in [2.24, 2.45) is 0 Å². The third-order valence-corrected chi connectivity index (χ3v) is 3.92. The molecule has 0 aliphatic heterocycles. The van der Waals surface area contributed by atoms with Crippen molar-refractivity contribution in [2.75, 3.05) is 0 Å². The van der Waals surface area contributed by atoms with Crippen LogP contribution in [0.25, 0.3) is 11.5 Å². The Balaban J connectivity index is 2.60. The van der Waals surface area contributed by atoms with Crippen LogP contribution < -0.4 is 0 Å². The number of aromatic carboxylic acids is 1. The van der Waals surface area contributed by atoms with Crippen molar-refractivity contribution in [3.05, 3.63) is 37.7 Å². The first-order valence-electron chi connectivity index (χ1n) is 5.59. The summed E-state index contributed by atoms with van der Waals surface area (Å²) in [6.07, 6.45) is 0. The second-order valence-corrected chi connectivity index (χ2v) is 6.42. The number of benzene rings is 1. The first kappa shape index (κ1) is 14.5. The molecule has 0 saturated carbocycles. The molecule has 1 heterocycles. The van der Waals surface area contributed by atoms with Crippen LogP contribution in [0.2, 0.25) is 0 Å². The first-order chi connectivity index (χ1) is 8.90. The lowest BCUT2D eigenvalue weighted by molar-refractivity contribution is 0.0661. The number of halogens is 2. The highest BCUT2D eigenvalue weighted by atomic mass is 127. The monoisotopic (exact) mass is 435 g/mol. The SMILES string of the molecule is CC(C)c1nc(-c2cc(I)ccc2Br)oc1C(=O)O. The maximum Gasteiger partial charge on any atom is 0.373 e. The van der Waals surface area contributed by atoms with E-state index in [1.807, 2.05) is 32.0 Å². The molecular weight excluding hydrogens is 425 g/mol. The Bertz CT molecular complexity index is 637. The molecule has 2 aromatic rings. The second-order valence-electron chi connectivity index (χ2n) is 4.32. The average molecular weight is 436 g/mol. The highest BCUT2D eigenvalue weighted by Crippen LogP contribution is 2.32. The van der Waals surface area contributed by atoms with Crippen LogP contribution in [0.4, 0.5) is 0 Å². The summed E-state index contributed by atoms with van der Waals surface area (Å²) in [4.78, 5) is 15.5. The van der Waals surface area contributed by atoms with Crippen LogP contribution in [0.15, 0.2) is 27.1 Å². The molecule has 0 aliphatic carbocycles. The summed E-state index contributed by atoms with van der Waals surface area (Å²) >= 11 is 5.61. The molecule has 0 spiro atoms. The Labute approximate surface area is 132 Å². The van der Waals surface area contributed by atoms with Gasteiger partial charge in [-0.25, -0.2) is 9.78 Å². The van der Waals surface area contributed by atoms with Crippen LogP contribution in [-0.2, 0) is 0 Å². The van der Waals surface area contributed by atoms with E-state index in [0.29, 0.717) is 11.6 Å². The molecule has 2 rings (SSSR count). The van der Waals surface area contributed by atoms with E-state index in [4.69, 9.17) is 9.52 Å². The van der Waals surface area contributed by atoms with Crippen molar-refractivity contribution in [3.8, 4) is 11.5 Å². The molecule has 4 nitrogen and oxygen atoms in total. The predicted molar refractivity (Wildman–Crippen MR) is 83.4 cm³/mol. The van der Waals surface area contributed by atoms with Gasteiger partial charge in [0, 0.05) is 8.04 Å². The maximum absolute atomic E-state index is 11.2. The summed E-state index contributed by atoms with van der Waals surface area (Å²) in [7, 11) is 0. The number of carboxylic acid groups (broad SMARTS) is 1. The number of nitrogens with zero attached hydrogens (tertiary/aromatic N) is 1. The smallest absolute Gasteiger partial charge is 0.373 e. The number of carbonyl (C=O) groups is 1. The summed E-state index contributed by atoms with van der Waals surface area (Å²) in [6, 6.07) is 5.72. The number of hydrogen-bond donors (Lipinski definition) is 1. The fourth-order valence-electron chi connectivity index (χ4n) is 1.65. The first-order valence-corrected chi connectivity index (χ1v) is 7.46. The molecule has 1 N–H and O–H groups in total. The molecule has 0 fully saturated rings. The number of hydrogen-bond acceptors (Lipinski definition) is 3. The zero-order chi connectivity index (χ0) is 14.2. The minimum absolute atomic E-state index is 0.00911. The van der Waals surface area contributed by atoms with Crippen molar-refractivity contribution < 1.29 is 14.3 Å². The highest BCUT2D eigenvalue weighted by molar-refractivity contribution is 14.1. The minimum atomic E-state index is -1.09. The van der Waals surface area contributed by atoms with Gasteiger partial charge in [0.25, 0.3) is 0 Å². The quantitative estimate of drug-likeness (QED) is 0.719. The largest absolute Gasteiger partial charge is 0.475 e. The van der Waals surface area contributed by atoms with Crippen LogP contribution in [0, 0.1) is 3.57 Å². The molecule has 0 amide bonds. The zero-order valence-corrected chi connectivity index (χ0v) is 14.0. The summed E-state index contributed by atoms with van der Waals surface area (Å²) in [5.74, 6) is -0.864. The molecule has 6 heteroatoms. The summed E-state index contributed by atoms with van der Waals surface area (Å²) in [6.45, 7) is 3.77.